The van der Waals surface area contributed by atoms with Gasteiger partial charge in [0.05, 0.1) is 18.3 Å². The molecule has 1 aromatic rings. The van der Waals surface area contributed by atoms with Crippen molar-refractivity contribution < 1.29 is 4.74 Å². The van der Waals surface area contributed by atoms with Crippen LogP contribution in [-0.4, -0.2) is 29.0 Å². The standard InChI is InChI=1S/C16H31N3O/c1-7-10-17-14(13-11-18-19(8-2)12-13)15(20-9-3)16(4,5)6/h11-12,14-15,17H,7-10H2,1-6H3. The zero-order chi connectivity index (χ0) is 15.2. The van der Waals surface area contributed by atoms with Crippen LogP contribution in [0.5, 0.6) is 0 Å². The van der Waals surface area contributed by atoms with Crippen molar-refractivity contribution in [3.63, 3.8) is 0 Å². The summed E-state index contributed by atoms with van der Waals surface area (Å²) >= 11 is 0. The van der Waals surface area contributed by atoms with Crippen molar-refractivity contribution in [3.8, 4) is 0 Å². The van der Waals surface area contributed by atoms with Crippen molar-refractivity contribution >= 4 is 0 Å². The summed E-state index contributed by atoms with van der Waals surface area (Å²) in [5.41, 5.74) is 1.30. The maximum atomic E-state index is 6.06. The van der Waals surface area contributed by atoms with Crippen molar-refractivity contribution in [2.24, 2.45) is 5.41 Å². The molecule has 1 N–H and O–H groups in total. The third-order valence-electron chi connectivity index (χ3n) is 3.45. The molecule has 0 saturated heterocycles. The largest absolute Gasteiger partial charge is 0.376 e. The van der Waals surface area contributed by atoms with E-state index < -0.39 is 0 Å². The molecule has 0 aromatic carbocycles. The van der Waals surface area contributed by atoms with E-state index in [-0.39, 0.29) is 17.6 Å². The molecule has 0 spiro atoms. The third-order valence-corrected chi connectivity index (χ3v) is 3.45. The van der Waals surface area contributed by atoms with Gasteiger partial charge in [-0.2, -0.15) is 5.10 Å². The second-order valence-electron chi connectivity index (χ2n) is 6.30. The quantitative estimate of drug-likeness (QED) is 0.794. The number of hydrogen-bond donors (Lipinski definition) is 1. The van der Waals surface area contributed by atoms with Crippen LogP contribution in [0.15, 0.2) is 12.4 Å². The minimum Gasteiger partial charge on any atom is -0.376 e. The van der Waals surface area contributed by atoms with Crippen LogP contribution < -0.4 is 5.32 Å². The first-order valence-electron chi connectivity index (χ1n) is 7.81. The zero-order valence-corrected chi connectivity index (χ0v) is 13.9. The van der Waals surface area contributed by atoms with E-state index in [0.29, 0.717) is 0 Å². The van der Waals surface area contributed by atoms with E-state index in [0.717, 1.165) is 26.1 Å². The van der Waals surface area contributed by atoms with Crippen LogP contribution in [0, 0.1) is 5.41 Å². The molecule has 116 valence electrons. The normalized spacial score (nSPS) is 15.3. The summed E-state index contributed by atoms with van der Waals surface area (Å²) in [7, 11) is 0. The number of nitrogens with zero attached hydrogens (tertiary/aromatic N) is 2. The number of aromatic nitrogens is 2. The van der Waals surface area contributed by atoms with Crippen molar-refractivity contribution in [1.82, 2.24) is 15.1 Å². The summed E-state index contributed by atoms with van der Waals surface area (Å²) in [4.78, 5) is 0. The molecule has 0 aliphatic carbocycles. The fraction of sp³-hybridized carbons (Fsp3) is 0.812. The van der Waals surface area contributed by atoms with Crippen LogP contribution in [0.2, 0.25) is 0 Å². The molecule has 0 aliphatic rings. The van der Waals surface area contributed by atoms with Crippen LogP contribution >= 0.6 is 0 Å². The summed E-state index contributed by atoms with van der Waals surface area (Å²) in [6, 6.07) is 0.190. The zero-order valence-electron chi connectivity index (χ0n) is 13.9. The lowest BCUT2D eigenvalue weighted by Gasteiger charge is -2.37. The lowest BCUT2D eigenvalue weighted by molar-refractivity contribution is -0.0365. The van der Waals surface area contributed by atoms with E-state index in [9.17, 15) is 0 Å². The van der Waals surface area contributed by atoms with Gasteiger partial charge in [0.2, 0.25) is 0 Å². The summed E-state index contributed by atoms with van der Waals surface area (Å²) < 4.78 is 8.04. The van der Waals surface area contributed by atoms with Crippen LogP contribution in [0.25, 0.3) is 0 Å². The molecule has 1 aromatic heterocycles. The van der Waals surface area contributed by atoms with Gasteiger partial charge in [0.15, 0.2) is 0 Å². The summed E-state index contributed by atoms with van der Waals surface area (Å²) in [5, 5.41) is 8.05. The first-order chi connectivity index (χ1) is 9.43. The highest BCUT2D eigenvalue weighted by Crippen LogP contribution is 2.32. The number of nitrogens with one attached hydrogen (secondary N) is 1. The monoisotopic (exact) mass is 281 g/mol. The molecule has 4 nitrogen and oxygen atoms in total. The number of ether oxygens (including phenoxy) is 1. The van der Waals surface area contributed by atoms with Gasteiger partial charge in [-0.15, -0.1) is 0 Å². The van der Waals surface area contributed by atoms with Gasteiger partial charge in [-0.3, -0.25) is 4.68 Å². The van der Waals surface area contributed by atoms with Crippen LogP contribution in [0.4, 0.5) is 0 Å². The molecular formula is C16H31N3O. The summed E-state index contributed by atoms with van der Waals surface area (Å²) in [6.45, 7) is 15.7. The summed E-state index contributed by atoms with van der Waals surface area (Å²) in [5.74, 6) is 0. The minimum absolute atomic E-state index is 0.0791. The average molecular weight is 281 g/mol. The maximum absolute atomic E-state index is 6.06. The first-order valence-corrected chi connectivity index (χ1v) is 7.81. The molecule has 1 rings (SSSR count). The van der Waals surface area contributed by atoms with E-state index in [1.54, 1.807) is 0 Å². The Bertz CT molecular complexity index is 381. The lowest BCUT2D eigenvalue weighted by atomic mass is 9.82. The van der Waals surface area contributed by atoms with Crippen molar-refractivity contribution in [1.29, 1.82) is 0 Å². The van der Waals surface area contributed by atoms with E-state index in [4.69, 9.17) is 4.74 Å². The molecule has 1 heterocycles. The predicted molar refractivity (Wildman–Crippen MR) is 83.8 cm³/mol. The Balaban J connectivity index is 3.01. The van der Waals surface area contributed by atoms with E-state index in [2.05, 4.69) is 58.2 Å². The Labute approximate surface area is 123 Å². The highest BCUT2D eigenvalue weighted by atomic mass is 16.5. The first kappa shape index (κ1) is 17.2. The molecule has 0 aliphatic heterocycles. The Hall–Kier alpha value is -0.870. The highest BCUT2D eigenvalue weighted by Gasteiger charge is 2.34. The van der Waals surface area contributed by atoms with Crippen molar-refractivity contribution in [3.05, 3.63) is 18.0 Å². The number of rotatable bonds is 8. The topological polar surface area (TPSA) is 39.1 Å². The Morgan fingerprint density at radius 1 is 1.30 bits per heavy atom. The van der Waals surface area contributed by atoms with Gasteiger partial charge in [-0.25, -0.2) is 0 Å². The van der Waals surface area contributed by atoms with Gasteiger partial charge in [0, 0.05) is 24.9 Å². The second-order valence-corrected chi connectivity index (χ2v) is 6.30. The summed E-state index contributed by atoms with van der Waals surface area (Å²) in [6.07, 6.45) is 5.34. The average Bonchev–Trinajstić information content (AvgIpc) is 2.85. The Kier molecular flexibility index (Phi) is 6.69. The van der Waals surface area contributed by atoms with Crippen molar-refractivity contribution in [2.45, 2.75) is 66.7 Å². The molecule has 0 fully saturated rings. The molecule has 4 heteroatoms. The number of hydrogen-bond acceptors (Lipinski definition) is 3. The van der Waals surface area contributed by atoms with Crippen LogP contribution in [-0.2, 0) is 11.3 Å². The van der Waals surface area contributed by atoms with Gasteiger partial charge in [-0.05, 0) is 32.2 Å². The maximum Gasteiger partial charge on any atom is 0.0818 e. The molecular weight excluding hydrogens is 250 g/mol. The van der Waals surface area contributed by atoms with Gasteiger partial charge in [0.25, 0.3) is 0 Å². The highest BCUT2D eigenvalue weighted by molar-refractivity contribution is 5.14. The van der Waals surface area contributed by atoms with E-state index >= 15 is 0 Å². The fourth-order valence-electron chi connectivity index (χ4n) is 2.44. The van der Waals surface area contributed by atoms with Crippen molar-refractivity contribution in [2.75, 3.05) is 13.2 Å². The van der Waals surface area contributed by atoms with E-state index in [1.165, 1.54) is 5.56 Å². The third kappa shape index (κ3) is 4.60. The predicted octanol–water partition coefficient (Wildman–Crippen LogP) is 3.39. The smallest absolute Gasteiger partial charge is 0.0818 e. The fourth-order valence-corrected chi connectivity index (χ4v) is 2.44. The van der Waals surface area contributed by atoms with Gasteiger partial charge >= 0.3 is 0 Å². The number of aryl methyl sites for hydroxylation is 1. The molecule has 2 unspecified atom stereocenters. The van der Waals surface area contributed by atoms with Gasteiger partial charge in [-0.1, -0.05) is 27.7 Å². The molecule has 0 amide bonds. The SMILES string of the molecule is CCCNC(c1cnn(CC)c1)C(OCC)C(C)(C)C. The van der Waals surface area contributed by atoms with Gasteiger partial charge in [0.1, 0.15) is 0 Å². The van der Waals surface area contributed by atoms with E-state index in [1.807, 2.05) is 10.9 Å². The molecule has 0 radical (unpaired) electrons. The minimum atomic E-state index is 0.0791. The van der Waals surface area contributed by atoms with Crippen LogP contribution in [0.1, 0.15) is 59.6 Å². The Morgan fingerprint density at radius 2 is 2.00 bits per heavy atom. The van der Waals surface area contributed by atoms with Crippen LogP contribution in [0.3, 0.4) is 0 Å². The molecule has 0 bridgehead atoms. The molecule has 20 heavy (non-hydrogen) atoms. The Morgan fingerprint density at radius 3 is 2.45 bits per heavy atom. The second kappa shape index (κ2) is 7.79. The lowest BCUT2D eigenvalue weighted by Crippen LogP contribution is -2.42. The van der Waals surface area contributed by atoms with Gasteiger partial charge < -0.3 is 10.1 Å². The molecule has 0 saturated carbocycles. The molecule has 2 atom stereocenters.